The number of pyridine rings is 1. The van der Waals surface area contributed by atoms with Gasteiger partial charge >= 0.3 is 24.1 Å². The number of fused-ring (bicyclic) bond motifs is 5. The number of ether oxygens (including phenoxy) is 5. The summed E-state index contributed by atoms with van der Waals surface area (Å²) in [5.41, 5.74) is -3.17. The number of halogens is 2. The molecule has 1 aliphatic carbocycles. The van der Waals surface area contributed by atoms with Crippen LogP contribution >= 0.6 is 0 Å². The molecule has 18 heteroatoms. The fraction of sp³-hybridized carbons (Fsp3) is 0.486. The van der Waals surface area contributed by atoms with Crippen LogP contribution in [0.5, 0.6) is 11.5 Å². The number of aromatic nitrogens is 1. The Labute approximate surface area is 312 Å². The second kappa shape index (κ2) is 13.9. The number of nitrogens with zero attached hydrogens (tertiary/aromatic N) is 3. The molecule has 0 unspecified atom stereocenters. The van der Waals surface area contributed by atoms with Gasteiger partial charge in [-0.1, -0.05) is 0 Å². The highest BCUT2D eigenvalue weighted by molar-refractivity contribution is 5.97. The SMILES string of the molecule is C[C@@H](NC(=O)OC(C)(C)C)C(=O)OC[C@H]1CN(c2ccc(OC[C@]3(O)C[C@H]4COc5c(c(F)cc6c(=O)c(C(=O)O)cn(C7CC7)c56)N4C3)c(F)c2)C(=O)O1. The van der Waals surface area contributed by atoms with Crippen molar-refractivity contribution < 1.29 is 61.9 Å². The normalized spacial score (nSPS) is 22.3. The lowest BCUT2D eigenvalue weighted by Crippen LogP contribution is -2.43. The molecule has 4 atom stereocenters. The van der Waals surface area contributed by atoms with Gasteiger partial charge in [0.15, 0.2) is 29.2 Å². The van der Waals surface area contributed by atoms with Crippen molar-refractivity contribution in [1.82, 2.24) is 9.88 Å². The second-order valence-corrected chi connectivity index (χ2v) is 15.3. The number of amides is 2. The summed E-state index contributed by atoms with van der Waals surface area (Å²) in [5, 5.41) is 23.4. The zero-order valence-electron chi connectivity index (χ0n) is 30.4. The van der Waals surface area contributed by atoms with Crippen molar-refractivity contribution in [2.45, 2.75) is 82.4 Å². The molecule has 2 saturated heterocycles. The van der Waals surface area contributed by atoms with Crippen molar-refractivity contribution in [2.24, 2.45) is 0 Å². The Balaban J connectivity index is 0.986. The molecule has 0 bridgehead atoms. The Bertz CT molecular complexity index is 2150. The monoisotopic (exact) mass is 770 g/mol. The maximum absolute atomic E-state index is 15.8. The van der Waals surface area contributed by atoms with Crippen LogP contribution in [-0.2, 0) is 19.0 Å². The number of hydrogen-bond acceptors (Lipinski definition) is 12. The number of cyclic esters (lactones) is 1. The summed E-state index contributed by atoms with van der Waals surface area (Å²) in [5.74, 6) is -3.98. The second-order valence-electron chi connectivity index (χ2n) is 15.3. The minimum Gasteiger partial charge on any atom is -0.487 e. The molecule has 3 aromatic rings. The average molecular weight is 771 g/mol. The van der Waals surface area contributed by atoms with Crippen molar-refractivity contribution in [3.8, 4) is 11.5 Å². The number of carboxylic acids is 1. The van der Waals surface area contributed by atoms with Gasteiger partial charge in [-0.25, -0.2) is 28.0 Å². The first-order valence-corrected chi connectivity index (χ1v) is 17.7. The van der Waals surface area contributed by atoms with Crippen molar-refractivity contribution in [3.63, 3.8) is 0 Å². The van der Waals surface area contributed by atoms with E-state index in [1.54, 1.807) is 30.2 Å². The molecule has 294 valence electrons. The number of esters is 1. The molecular formula is C37H40F2N4O12. The van der Waals surface area contributed by atoms with Gasteiger partial charge in [-0.2, -0.15) is 0 Å². The standard InChI is InChI=1S/C37H40F2N4O12/c1-18(40-34(48)55-36(2,3)4)33(47)52-15-22-12-42(35(49)54-22)20-7-8-27(25(38)9-20)53-17-37(50)11-21-14-51-31-28-23(10-26(39)29(31)43(21)16-37)30(44)24(32(45)46)13-41(28)19-5-6-19/h7-10,13,18-19,21-22,50H,5-6,11-12,14-17H2,1-4H3,(H,40,48)(H,45,46)/t18-,21+,22-,37+/m1/s1. The van der Waals surface area contributed by atoms with E-state index in [9.17, 15) is 34.2 Å². The summed E-state index contributed by atoms with van der Waals surface area (Å²) >= 11 is 0. The molecule has 4 aliphatic rings. The predicted octanol–water partition coefficient (Wildman–Crippen LogP) is 3.88. The van der Waals surface area contributed by atoms with Crippen molar-refractivity contribution in [3.05, 3.63) is 57.9 Å². The predicted molar refractivity (Wildman–Crippen MR) is 189 cm³/mol. The number of carbonyl (C=O) groups excluding carboxylic acids is 3. The van der Waals surface area contributed by atoms with Crippen LogP contribution in [0.2, 0.25) is 0 Å². The van der Waals surface area contributed by atoms with E-state index in [0.29, 0.717) is 0 Å². The van der Waals surface area contributed by atoms with Crippen LogP contribution in [0, 0.1) is 11.6 Å². The minimum absolute atomic E-state index is 0.0321. The maximum atomic E-state index is 15.8. The molecule has 3 fully saturated rings. The highest BCUT2D eigenvalue weighted by Crippen LogP contribution is 2.48. The van der Waals surface area contributed by atoms with E-state index < -0.39 is 76.1 Å². The van der Waals surface area contributed by atoms with Crippen LogP contribution < -0.4 is 30.0 Å². The maximum Gasteiger partial charge on any atom is 0.414 e. The molecule has 0 radical (unpaired) electrons. The van der Waals surface area contributed by atoms with Crippen molar-refractivity contribution in [1.29, 1.82) is 0 Å². The van der Waals surface area contributed by atoms with Gasteiger partial charge < -0.3 is 48.7 Å². The van der Waals surface area contributed by atoms with Crippen LogP contribution in [0.1, 0.15) is 63.4 Å². The molecule has 55 heavy (non-hydrogen) atoms. The molecule has 4 heterocycles. The number of anilines is 2. The van der Waals surface area contributed by atoms with E-state index in [4.69, 9.17) is 23.7 Å². The fourth-order valence-electron chi connectivity index (χ4n) is 7.04. The van der Waals surface area contributed by atoms with Crippen molar-refractivity contribution in [2.75, 3.05) is 42.7 Å². The molecule has 2 amide bonds. The van der Waals surface area contributed by atoms with Gasteiger partial charge in [0.1, 0.15) is 48.3 Å². The summed E-state index contributed by atoms with van der Waals surface area (Å²) in [6.45, 7) is 5.59. The number of carboxylic acid groups (broad SMARTS) is 1. The molecule has 1 aromatic heterocycles. The van der Waals surface area contributed by atoms with Gasteiger partial charge in [-0.15, -0.1) is 0 Å². The van der Waals surface area contributed by atoms with Crippen LogP contribution in [-0.4, -0.2) is 101 Å². The van der Waals surface area contributed by atoms with Crippen LogP contribution in [0.4, 0.5) is 29.7 Å². The van der Waals surface area contributed by atoms with E-state index >= 15 is 8.78 Å². The van der Waals surface area contributed by atoms with Gasteiger partial charge in [0.2, 0.25) is 5.43 Å². The quantitative estimate of drug-likeness (QED) is 0.199. The molecule has 3 aliphatic heterocycles. The third kappa shape index (κ3) is 7.54. The van der Waals surface area contributed by atoms with E-state index in [0.717, 1.165) is 29.9 Å². The minimum atomic E-state index is -1.57. The molecule has 3 N–H and O–H groups in total. The Morgan fingerprint density at radius 2 is 1.85 bits per heavy atom. The summed E-state index contributed by atoms with van der Waals surface area (Å²) in [4.78, 5) is 64.6. The number of aromatic carboxylic acids is 1. The summed E-state index contributed by atoms with van der Waals surface area (Å²) < 4.78 is 60.2. The Kier molecular flexibility index (Phi) is 9.51. The highest BCUT2D eigenvalue weighted by Gasteiger charge is 2.48. The summed E-state index contributed by atoms with van der Waals surface area (Å²) in [7, 11) is 0. The van der Waals surface area contributed by atoms with Gasteiger partial charge in [0.25, 0.3) is 0 Å². The lowest BCUT2D eigenvalue weighted by atomic mass is 10.0. The van der Waals surface area contributed by atoms with E-state index in [-0.39, 0.29) is 79.1 Å². The number of aliphatic hydroxyl groups is 1. The van der Waals surface area contributed by atoms with E-state index in [2.05, 4.69) is 5.32 Å². The summed E-state index contributed by atoms with van der Waals surface area (Å²) in [6, 6.07) is 3.17. The first-order chi connectivity index (χ1) is 25.9. The van der Waals surface area contributed by atoms with Crippen LogP contribution in [0.15, 0.2) is 35.3 Å². The number of benzene rings is 2. The summed E-state index contributed by atoms with van der Waals surface area (Å²) in [6.07, 6.45) is 0.376. The lowest BCUT2D eigenvalue weighted by Gasteiger charge is -2.34. The number of hydrogen-bond donors (Lipinski definition) is 3. The van der Waals surface area contributed by atoms with Gasteiger partial charge in [-0.05, 0) is 58.7 Å². The zero-order chi connectivity index (χ0) is 39.6. The fourth-order valence-corrected chi connectivity index (χ4v) is 7.04. The molecule has 7 rings (SSSR count). The Hall–Kier alpha value is -5.65. The van der Waals surface area contributed by atoms with E-state index in [1.807, 2.05) is 0 Å². The largest absolute Gasteiger partial charge is 0.487 e. The first kappa shape index (κ1) is 37.7. The molecule has 1 saturated carbocycles. The Morgan fingerprint density at radius 1 is 1.11 bits per heavy atom. The van der Waals surface area contributed by atoms with Gasteiger partial charge in [-0.3, -0.25) is 9.69 Å². The number of carbonyl (C=O) groups is 4. The Morgan fingerprint density at radius 3 is 2.53 bits per heavy atom. The number of alkyl carbamates (subject to hydrolysis) is 1. The average Bonchev–Trinajstić information content (AvgIpc) is 3.79. The topological polar surface area (TPSA) is 195 Å². The smallest absolute Gasteiger partial charge is 0.414 e. The first-order valence-electron chi connectivity index (χ1n) is 17.7. The van der Waals surface area contributed by atoms with Gasteiger partial charge in [0.05, 0.1) is 35.7 Å². The zero-order valence-corrected chi connectivity index (χ0v) is 30.4. The lowest BCUT2D eigenvalue weighted by molar-refractivity contribution is -0.148. The third-order valence-corrected chi connectivity index (χ3v) is 9.69. The van der Waals surface area contributed by atoms with Crippen LogP contribution in [0.25, 0.3) is 10.9 Å². The molecule has 2 aromatic carbocycles. The van der Waals surface area contributed by atoms with Crippen LogP contribution in [0.3, 0.4) is 0 Å². The molecular weight excluding hydrogens is 730 g/mol. The molecule has 0 spiro atoms. The van der Waals surface area contributed by atoms with Gasteiger partial charge in [0, 0.05) is 24.7 Å². The van der Waals surface area contributed by atoms with Crippen molar-refractivity contribution >= 4 is 46.4 Å². The molecule has 16 nitrogen and oxygen atoms in total. The highest BCUT2D eigenvalue weighted by atomic mass is 19.1. The number of rotatable bonds is 10. The van der Waals surface area contributed by atoms with E-state index in [1.165, 1.54) is 25.3 Å². The number of nitrogens with one attached hydrogen (secondary N) is 1. The third-order valence-electron chi connectivity index (χ3n) is 9.69.